The number of likely N-dealkylation sites (tertiary alicyclic amines) is 1. The zero-order valence-corrected chi connectivity index (χ0v) is 20.2. The van der Waals surface area contributed by atoms with E-state index >= 15 is 0 Å². The number of hydrogen-bond acceptors (Lipinski definition) is 5. The monoisotopic (exact) mass is 452 g/mol. The predicted octanol–water partition coefficient (Wildman–Crippen LogP) is 4.63. The molecule has 0 aromatic heterocycles. The molecule has 1 aliphatic carbocycles. The number of piperidine rings is 1. The van der Waals surface area contributed by atoms with Crippen molar-refractivity contribution in [3.63, 3.8) is 0 Å². The van der Waals surface area contributed by atoms with Crippen LogP contribution in [0.15, 0.2) is 36.4 Å². The number of methoxy groups -OCH3 is 2. The fourth-order valence-corrected chi connectivity index (χ4v) is 5.73. The summed E-state index contributed by atoms with van der Waals surface area (Å²) in [7, 11) is 3.26. The predicted molar refractivity (Wildman–Crippen MR) is 130 cm³/mol. The highest BCUT2D eigenvalue weighted by Gasteiger charge is 2.49. The van der Waals surface area contributed by atoms with Crippen molar-refractivity contribution in [3.05, 3.63) is 53.1 Å². The third kappa shape index (κ3) is 4.87. The Morgan fingerprint density at radius 2 is 1.88 bits per heavy atom. The molecule has 2 aliphatic rings. The van der Waals surface area contributed by atoms with Crippen molar-refractivity contribution in [1.82, 2.24) is 4.90 Å². The third-order valence-corrected chi connectivity index (χ3v) is 7.42. The average Bonchev–Trinajstić information content (AvgIpc) is 2.80. The molecule has 6 nitrogen and oxygen atoms in total. The van der Waals surface area contributed by atoms with Gasteiger partial charge in [0.1, 0.15) is 0 Å². The zero-order chi connectivity index (χ0) is 23.6. The van der Waals surface area contributed by atoms with Crippen molar-refractivity contribution < 1.29 is 19.4 Å². The van der Waals surface area contributed by atoms with Crippen LogP contribution in [0.2, 0.25) is 0 Å². The lowest BCUT2D eigenvalue weighted by Gasteiger charge is -2.52. The molecular weight excluding hydrogens is 416 g/mol. The fourth-order valence-electron chi connectivity index (χ4n) is 5.73. The quantitative estimate of drug-likeness (QED) is 0.669. The van der Waals surface area contributed by atoms with Gasteiger partial charge in [0.2, 0.25) is 5.91 Å². The molecule has 33 heavy (non-hydrogen) atoms. The van der Waals surface area contributed by atoms with Gasteiger partial charge in [-0.05, 0) is 62.4 Å². The summed E-state index contributed by atoms with van der Waals surface area (Å²) in [4.78, 5) is 15.3. The van der Waals surface area contributed by atoms with Gasteiger partial charge in [0.25, 0.3) is 0 Å². The summed E-state index contributed by atoms with van der Waals surface area (Å²) in [6.45, 7) is 5.01. The van der Waals surface area contributed by atoms with Crippen LogP contribution in [0, 0.1) is 19.8 Å². The Kier molecular flexibility index (Phi) is 6.96. The van der Waals surface area contributed by atoms with Crippen LogP contribution in [0.25, 0.3) is 0 Å². The van der Waals surface area contributed by atoms with Crippen molar-refractivity contribution >= 4 is 11.6 Å². The highest BCUT2D eigenvalue weighted by atomic mass is 16.5. The van der Waals surface area contributed by atoms with Crippen molar-refractivity contribution in [2.75, 3.05) is 32.6 Å². The topological polar surface area (TPSA) is 71.0 Å². The number of amides is 1. The number of nitrogens with one attached hydrogen (secondary N) is 1. The van der Waals surface area contributed by atoms with Gasteiger partial charge in [-0.3, -0.25) is 9.69 Å². The van der Waals surface area contributed by atoms with Gasteiger partial charge in [-0.15, -0.1) is 0 Å². The summed E-state index contributed by atoms with van der Waals surface area (Å²) < 4.78 is 11.0. The van der Waals surface area contributed by atoms with E-state index in [0.717, 1.165) is 42.5 Å². The summed E-state index contributed by atoms with van der Waals surface area (Å²) in [5, 5.41) is 14.6. The van der Waals surface area contributed by atoms with E-state index in [4.69, 9.17) is 9.47 Å². The summed E-state index contributed by atoms with van der Waals surface area (Å²) in [6, 6.07) is 11.9. The second kappa shape index (κ2) is 9.74. The molecule has 1 aliphatic heterocycles. The van der Waals surface area contributed by atoms with Gasteiger partial charge in [0.15, 0.2) is 11.5 Å². The Balaban J connectivity index is 1.62. The van der Waals surface area contributed by atoms with Crippen LogP contribution in [0.1, 0.15) is 54.8 Å². The van der Waals surface area contributed by atoms with Crippen LogP contribution in [-0.2, 0) is 4.79 Å². The maximum Gasteiger partial charge on any atom is 0.238 e. The standard InChI is InChI=1S/C27H36N2O4/c1-18-8-10-22(19(2)15-18)28-25(30)17-29-14-13-27(31)12-6-5-7-21(27)26(29)20-9-11-23(32-3)24(16-20)33-4/h8-11,15-16,21,26,31H,5-7,12-14,17H2,1-4H3,(H,28,30)/t21-,26+,27-/m0/s1. The van der Waals surface area contributed by atoms with Crippen molar-refractivity contribution in [1.29, 1.82) is 0 Å². The molecule has 178 valence electrons. The highest BCUT2D eigenvalue weighted by molar-refractivity contribution is 5.93. The second-order valence-corrected chi connectivity index (χ2v) is 9.60. The Bertz CT molecular complexity index is 1010. The summed E-state index contributed by atoms with van der Waals surface area (Å²) in [5.74, 6) is 1.38. The highest BCUT2D eigenvalue weighted by Crippen LogP contribution is 2.50. The van der Waals surface area contributed by atoms with E-state index in [2.05, 4.69) is 16.3 Å². The van der Waals surface area contributed by atoms with E-state index in [-0.39, 0.29) is 24.4 Å². The number of nitrogens with zero attached hydrogens (tertiary/aromatic N) is 1. The molecule has 0 bridgehead atoms. The van der Waals surface area contributed by atoms with Crippen LogP contribution < -0.4 is 14.8 Å². The van der Waals surface area contributed by atoms with E-state index in [0.29, 0.717) is 24.5 Å². The van der Waals surface area contributed by atoms with Crippen molar-refractivity contribution in [2.45, 2.75) is 57.6 Å². The first-order valence-electron chi connectivity index (χ1n) is 11.9. The Hall–Kier alpha value is -2.57. The summed E-state index contributed by atoms with van der Waals surface area (Å²) >= 11 is 0. The van der Waals surface area contributed by atoms with E-state index in [9.17, 15) is 9.90 Å². The van der Waals surface area contributed by atoms with Gasteiger partial charge in [-0.1, -0.05) is 36.6 Å². The molecule has 2 aromatic rings. The van der Waals surface area contributed by atoms with Crippen LogP contribution in [0.5, 0.6) is 11.5 Å². The van der Waals surface area contributed by atoms with E-state index < -0.39 is 5.60 Å². The van der Waals surface area contributed by atoms with Gasteiger partial charge >= 0.3 is 0 Å². The molecule has 1 amide bonds. The summed E-state index contributed by atoms with van der Waals surface area (Å²) in [5.41, 5.74) is 3.44. The average molecular weight is 453 g/mol. The molecule has 0 spiro atoms. The molecule has 1 heterocycles. The normalized spacial score (nSPS) is 25.2. The van der Waals surface area contributed by atoms with Crippen molar-refractivity contribution in [3.8, 4) is 11.5 Å². The largest absolute Gasteiger partial charge is 0.493 e. The number of hydrogen-bond donors (Lipinski definition) is 2. The first-order valence-corrected chi connectivity index (χ1v) is 11.9. The van der Waals surface area contributed by atoms with Gasteiger partial charge in [-0.25, -0.2) is 0 Å². The minimum atomic E-state index is -0.684. The molecule has 1 saturated carbocycles. The van der Waals surface area contributed by atoms with Gasteiger partial charge in [0.05, 0.1) is 26.4 Å². The smallest absolute Gasteiger partial charge is 0.238 e. The second-order valence-electron chi connectivity index (χ2n) is 9.60. The minimum Gasteiger partial charge on any atom is -0.493 e. The van der Waals surface area contributed by atoms with Crippen LogP contribution in [0.3, 0.4) is 0 Å². The molecule has 6 heteroatoms. The number of rotatable bonds is 6. The molecule has 2 N–H and O–H groups in total. The number of carbonyl (C=O) groups is 1. The fraction of sp³-hybridized carbons (Fsp3) is 0.519. The molecule has 4 rings (SSSR count). The van der Waals surface area contributed by atoms with Gasteiger partial charge in [0, 0.05) is 24.2 Å². The van der Waals surface area contributed by atoms with Crippen LogP contribution in [0.4, 0.5) is 5.69 Å². The molecule has 2 fully saturated rings. The van der Waals surface area contributed by atoms with Gasteiger partial charge in [-0.2, -0.15) is 0 Å². The maximum absolute atomic E-state index is 13.1. The molecule has 0 radical (unpaired) electrons. The molecule has 1 saturated heterocycles. The lowest BCUT2D eigenvalue weighted by molar-refractivity contribution is -0.135. The first kappa shape index (κ1) is 23.6. The number of carbonyl (C=O) groups excluding carboxylic acids is 1. The minimum absolute atomic E-state index is 0.0336. The molecule has 3 atom stereocenters. The molecular formula is C27H36N2O4. The number of ether oxygens (including phenoxy) is 2. The SMILES string of the molecule is COc1ccc([C@@H]2[C@@H]3CCCC[C@]3(O)CCN2CC(=O)Nc2ccc(C)cc2C)cc1OC. The Morgan fingerprint density at radius 1 is 1.09 bits per heavy atom. The van der Waals surface area contributed by atoms with E-state index in [1.54, 1.807) is 14.2 Å². The number of aliphatic hydroxyl groups is 1. The maximum atomic E-state index is 13.1. The van der Waals surface area contributed by atoms with Crippen molar-refractivity contribution in [2.24, 2.45) is 5.92 Å². The lowest BCUT2D eigenvalue weighted by atomic mass is 9.66. The van der Waals surface area contributed by atoms with Crippen LogP contribution >= 0.6 is 0 Å². The van der Waals surface area contributed by atoms with Gasteiger partial charge < -0.3 is 19.9 Å². The number of aryl methyl sites for hydroxylation is 2. The summed E-state index contributed by atoms with van der Waals surface area (Å²) in [6.07, 6.45) is 4.62. The lowest BCUT2D eigenvalue weighted by Crippen LogP contribution is -2.56. The molecule has 0 unspecified atom stereocenters. The van der Waals surface area contributed by atoms with E-state index in [1.165, 1.54) is 5.56 Å². The molecule has 2 aromatic carbocycles. The zero-order valence-electron chi connectivity index (χ0n) is 20.2. The Morgan fingerprint density at radius 3 is 2.61 bits per heavy atom. The number of benzene rings is 2. The first-order chi connectivity index (χ1) is 15.8. The third-order valence-electron chi connectivity index (χ3n) is 7.42. The number of fused-ring (bicyclic) bond motifs is 1. The van der Waals surface area contributed by atoms with E-state index in [1.807, 2.05) is 44.2 Å². The Labute approximate surface area is 196 Å². The number of anilines is 1. The van der Waals surface area contributed by atoms with Crippen LogP contribution in [-0.4, -0.2) is 48.8 Å².